The first-order valence-corrected chi connectivity index (χ1v) is 2.31. The highest BCUT2D eigenvalue weighted by Gasteiger charge is 2.00. The van der Waals surface area contributed by atoms with E-state index in [1.54, 1.807) is 0 Å². The normalized spacial score (nSPS) is 31.8. The molecule has 1 heterocycles. The van der Waals surface area contributed by atoms with Crippen LogP contribution >= 0.6 is 12.6 Å². The molecular weight excluding hydrogens is 96.1 g/mol. The molecule has 0 spiro atoms. The van der Waals surface area contributed by atoms with Gasteiger partial charge in [0.15, 0.2) is 0 Å². The van der Waals surface area contributed by atoms with Crippen molar-refractivity contribution >= 4 is 12.6 Å². The Morgan fingerprint density at radius 2 is 2.67 bits per heavy atom. The highest BCUT2D eigenvalue weighted by molar-refractivity contribution is 7.80. The van der Waals surface area contributed by atoms with Crippen LogP contribution < -0.4 is 0 Å². The molecule has 6 heavy (non-hydrogen) atoms. The molecule has 0 fully saturated rings. The van der Waals surface area contributed by atoms with Crippen LogP contribution in [0.1, 0.15) is 0 Å². The average molecular weight is 101 g/mol. The fourth-order valence-electron chi connectivity index (χ4n) is 0.373. The Kier molecular flexibility index (Phi) is 1.17. The fourth-order valence-corrected chi connectivity index (χ4v) is 0.562. The molecule has 33 valence electrons. The largest absolute Gasteiger partial charge is 0.359 e. The Hall–Kier alpha value is 0.0500. The van der Waals surface area contributed by atoms with Crippen LogP contribution in [0, 0.1) is 0 Å². The molecule has 2 heteroatoms. The predicted molar refractivity (Wildman–Crippen MR) is 26.5 cm³/mol. The summed E-state index contributed by atoms with van der Waals surface area (Å²) in [6, 6.07) is 0. The van der Waals surface area contributed by atoms with E-state index in [0.717, 1.165) is 0 Å². The molecule has 0 amide bonds. The Morgan fingerprint density at radius 1 is 1.83 bits per heavy atom. The molecule has 0 aromatic rings. The second-order valence-electron chi connectivity index (χ2n) is 1.13. The van der Waals surface area contributed by atoms with Crippen molar-refractivity contribution in [3.8, 4) is 0 Å². The molecule has 0 saturated carbocycles. The van der Waals surface area contributed by atoms with Gasteiger partial charge in [-0.3, -0.25) is 0 Å². The van der Waals surface area contributed by atoms with Crippen molar-refractivity contribution < 1.29 is 4.74 Å². The van der Waals surface area contributed by atoms with Gasteiger partial charge in [-0.1, -0.05) is 18.7 Å². The summed E-state index contributed by atoms with van der Waals surface area (Å²) in [5.41, 5.74) is -0.0509. The summed E-state index contributed by atoms with van der Waals surface area (Å²) in [5.74, 6) is 0. The zero-order valence-corrected chi connectivity index (χ0v) is 4.07. The summed E-state index contributed by atoms with van der Waals surface area (Å²) in [6.45, 7) is 0.703. The summed E-state index contributed by atoms with van der Waals surface area (Å²) in [5, 5.41) is 0. The lowest BCUT2D eigenvalue weighted by Gasteiger charge is -1.91. The van der Waals surface area contributed by atoms with Gasteiger partial charge in [0.2, 0.25) is 0 Å². The smallest absolute Gasteiger partial charge is 0.132 e. The van der Waals surface area contributed by atoms with Gasteiger partial charge in [0.1, 0.15) is 5.44 Å². The minimum atomic E-state index is -0.0509. The van der Waals surface area contributed by atoms with E-state index in [9.17, 15) is 0 Å². The molecule has 1 nitrogen and oxygen atoms in total. The second-order valence-corrected chi connectivity index (χ2v) is 1.59. The molecule has 0 aromatic heterocycles. The summed E-state index contributed by atoms with van der Waals surface area (Å²) in [4.78, 5) is 0. The van der Waals surface area contributed by atoms with Gasteiger partial charge in [-0.15, -0.1) is 0 Å². The zero-order chi connectivity index (χ0) is 4.41. The predicted octanol–water partition coefficient (Wildman–Crippen LogP) is 1.10. The lowest BCUT2D eigenvalue weighted by atomic mass is 10.6. The molecule has 1 aliphatic heterocycles. The maximum absolute atomic E-state index is 4.86. The molecule has 0 saturated heterocycles. The number of hydrogen-bond donors (Lipinski definition) is 0. The number of hydrogen-bond acceptors (Lipinski definition) is 1. The van der Waals surface area contributed by atoms with Gasteiger partial charge in [-0.2, -0.15) is 0 Å². The molecule has 0 bridgehead atoms. The van der Waals surface area contributed by atoms with Crippen molar-refractivity contribution in [1.82, 2.24) is 0 Å². The van der Waals surface area contributed by atoms with Crippen molar-refractivity contribution in [3.05, 3.63) is 12.2 Å². The van der Waals surface area contributed by atoms with E-state index in [-0.39, 0.29) is 5.44 Å². The number of rotatable bonds is 0. The molecule has 1 radical (unpaired) electrons. The summed E-state index contributed by atoms with van der Waals surface area (Å²) < 4.78 is 4.86. The monoisotopic (exact) mass is 101 g/mol. The Balaban J connectivity index is 2.38. The van der Waals surface area contributed by atoms with E-state index < -0.39 is 0 Å². The van der Waals surface area contributed by atoms with Crippen molar-refractivity contribution in [2.45, 2.75) is 5.44 Å². The first-order chi connectivity index (χ1) is 2.89. The van der Waals surface area contributed by atoms with Crippen LogP contribution in [0.2, 0.25) is 0 Å². The van der Waals surface area contributed by atoms with Crippen molar-refractivity contribution in [2.75, 3.05) is 6.61 Å². The van der Waals surface area contributed by atoms with E-state index in [1.807, 2.05) is 12.2 Å². The third-order valence-electron chi connectivity index (χ3n) is 0.650. The summed E-state index contributed by atoms with van der Waals surface area (Å²) >= 11 is 4.69. The van der Waals surface area contributed by atoms with E-state index in [1.165, 1.54) is 0 Å². The third kappa shape index (κ3) is 0.758. The zero-order valence-electron chi connectivity index (χ0n) is 3.26. The molecule has 0 N–H and O–H groups in total. The lowest BCUT2D eigenvalue weighted by molar-refractivity contribution is 0.190. The highest BCUT2D eigenvalue weighted by atomic mass is 32.1. The SMILES string of the molecule is [S]C1C=CCO1. The maximum atomic E-state index is 4.86. The van der Waals surface area contributed by atoms with E-state index in [2.05, 4.69) is 0 Å². The van der Waals surface area contributed by atoms with Crippen LogP contribution in [0.15, 0.2) is 12.2 Å². The molecule has 0 aromatic carbocycles. The van der Waals surface area contributed by atoms with Crippen LogP contribution in [0.5, 0.6) is 0 Å². The van der Waals surface area contributed by atoms with Gasteiger partial charge < -0.3 is 4.74 Å². The minimum Gasteiger partial charge on any atom is -0.359 e. The maximum Gasteiger partial charge on any atom is 0.132 e. The first kappa shape index (κ1) is 4.22. The van der Waals surface area contributed by atoms with Crippen LogP contribution in [-0.2, 0) is 4.74 Å². The fraction of sp³-hybridized carbons (Fsp3) is 0.500. The molecular formula is C4H5OS. The van der Waals surface area contributed by atoms with E-state index in [0.29, 0.717) is 6.61 Å². The third-order valence-corrected chi connectivity index (χ3v) is 0.943. The molecule has 1 unspecified atom stereocenters. The lowest BCUT2D eigenvalue weighted by Crippen LogP contribution is -1.90. The quantitative estimate of drug-likeness (QED) is 0.415. The van der Waals surface area contributed by atoms with Crippen molar-refractivity contribution in [3.63, 3.8) is 0 Å². The topological polar surface area (TPSA) is 9.23 Å². The molecule has 1 aliphatic rings. The average Bonchev–Trinajstić information content (AvgIpc) is 1.86. The molecule has 1 rings (SSSR count). The van der Waals surface area contributed by atoms with E-state index in [4.69, 9.17) is 17.4 Å². The standard InChI is InChI=1S/C4H5OS/c6-4-2-1-3-5-4/h1-2,4H,3H2. The molecule has 0 aliphatic carbocycles. The van der Waals surface area contributed by atoms with Gasteiger partial charge in [0, 0.05) is 0 Å². The van der Waals surface area contributed by atoms with Gasteiger partial charge in [-0.05, 0) is 6.08 Å². The van der Waals surface area contributed by atoms with Gasteiger partial charge in [-0.25, -0.2) is 0 Å². The van der Waals surface area contributed by atoms with Crippen molar-refractivity contribution in [1.29, 1.82) is 0 Å². The first-order valence-electron chi connectivity index (χ1n) is 1.83. The van der Waals surface area contributed by atoms with Crippen LogP contribution in [-0.4, -0.2) is 12.0 Å². The minimum absolute atomic E-state index is 0.0509. The summed E-state index contributed by atoms with van der Waals surface area (Å²) in [7, 11) is 0. The van der Waals surface area contributed by atoms with Crippen LogP contribution in [0.25, 0.3) is 0 Å². The van der Waals surface area contributed by atoms with Crippen molar-refractivity contribution in [2.24, 2.45) is 0 Å². The van der Waals surface area contributed by atoms with Gasteiger partial charge in [0.25, 0.3) is 0 Å². The number of ether oxygens (including phenoxy) is 1. The highest BCUT2D eigenvalue weighted by Crippen LogP contribution is 2.04. The van der Waals surface area contributed by atoms with E-state index >= 15 is 0 Å². The Bertz CT molecular complexity index is 69.9. The van der Waals surface area contributed by atoms with Gasteiger partial charge >= 0.3 is 0 Å². The van der Waals surface area contributed by atoms with Crippen LogP contribution in [0.4, 0.5) is 0 Å². The van der Waals surface area contributed by atoms with Crippen LogP contribution in [0.3, 0.4) is 0 Å². The Morgan fingerprint density at radius 3 is 2.83 bits per heavy atom. The molecule has 1 atom stereocenters. The summed E-state index contributed by atoms with van der Waals surface area (Å²) in [6.07, 6.45) is 3.80. The Labute approximate surface area is 42.4 Å². The second kappa shape index (κ2) is 1.67. The van der Waals surface area contributed by atoms with Gasteiger partial charge in [0.05, 0.1) is 6.61 Å².